The third kappa shape index (κ3) is 3.38. The molecule has 1 amide bonds. The van der Waals surface area contributed by atoms with Crippen molar-refractivity contribution in [2.24, 2.45) is 11.7 Å². The molecule has 3 N–H and O–H groups in total. The van der Waals surface area contributed by atoms with Crippen molar-refractivity contribution in [2.75, 3.05) is 4.72 Å². The van der Waals surface area contributed by atoms with Gasteiger partial charge in [0.25, 0.3) is 15.9 Å². The smallest absolute Gasteiger partial charge is 0.265 e. The maximum Gasteiger partial charge on any atom is 0.265 e. The second-order valence-electron chi connectivity index (χ2n) is 6.10. The minimum Gasteiger partial charge on any atom is -0.365 e. The van der Waals surface area contributed by atoms with E-state index in [2.05, 4.69) is 11.6 Å². The highest BCUT2D eigenvalue weighted by atomic mass is 32.2. The monoisotopic (exact) mass is 386 g/mol. The first-order valence-corrected chi connectivity index (χ1v) is 9.91. The maximum absolute atomic E-state index is 13.8. The maximum atomic E-state index is 13.8. The second kappa shape index (κ2) is 6.38. The van der Waals surface area contributed by atoms with Gasteiger partial charge in [0.1, 0.15) is 21.5 Å². The molecule has 0 spiro atoms. The van der Waals surface area contributed by atoms with Crippen molar-refractivity contribution in [1.82, 2.24) is 0 Å². The highest BCUT2D eigenvalue weighted by Gasteiger charge is 2.29. The second-order valence-corrected chi connectivity index (χ2v) is 8.86. The number of rotatable bonds is 4. The molecule has 1 heterocycles. The third-order valence-corrected chi connectivity index (χ3v) is 6.83. The third-order valence-electron chi connectivity index (χ3n) is 4.17. The topological polar surface area (TPSA) is 89.3 Å². The molecule has 0 aliphatic heterocycles. The summed E-state index contributed by atoms with van der Waals surface area (Å²) in [6.45, 7) is 2.07. The Bertz CT molecular complexity index is 955. The van der Waals surface area contributed by atoms with Crippen LogP contribution in [0.5, 0.6) is 0 Å². The predicted molar refractivity (Wildman–Crippen MR) is 91.2 cm³/mol. The van der Waals surface area contributed by atoms with E-state index in [9.17, 15) is 22.0 Å². The minimum absolute atomic E-state index is 0.0512. The molecular weight excluding hydrogens is 370 g/mol. The van der Waals surface area contributed by atoms with Crippen LogP contribution in [0.25, 0.3) is 0 Å². The van der Waals surface area contributed by atoms with Crippen molar-refractivity contribution in [3.05, 3.63) is 45.8 Å². The SMILES string of the molecule is C[C@H]1CCc2c(sc(NS(=O)(=O)c3cc(F)ccc3F)c2C(N)=O)C1. The van der Waals surface area contributed by atoms with Crippen molar-refractivity contribution in [1.29, 1.82) is 0 Å². The number of carbonyl (C=O) groups is 1. The largest absolute Gasteiger partial charge is 0.365 e. The van der Waals surface area contributed by atoms with Gasteiger partial charge in [0.05, 0.1) is 5.56 Å². The van der Waals surface area contributed by atoms with E-state index >= 15 is 0 Å². The lowest BCUT2D eigenvalue weighted by Gasteiger charge is -2.18. The van der Waals surface area contributed by atoms with Crippen LogP contribution in [0.15, 0.2) is 23.1 Å². The summed E-state index contributed by atoms with van der Waals surface area (Å²) in [6.07, 6.45) is 2.21. The molecule has 2 aromatic rings. The van der Waals surface area contributed by atoms with Crippen LogP contribution in [0.4, 0.5) is 13.8 Å². The lowest BCUT2D eigenvalue weighted by molar-refractivity contribution is 0.100. The van der Waals surface area contributed by atoms with E-state index in [1.807, 2.05) is 0 Å². The van der Waals surface area contributed by atoms with Gasteiger partial charge in [-0.15, -0.1) is 11.3 Å². The van der Waals surface area contributed by atoms with Crippen LogP contribution in [0.3, 0.4) is 0 Å². The van der Waals surface area contributed by atoms with Crippen molar-refractivity contribution in [3.8, 4) is 0 Å². The van der Waals surface area contributed by atoms with Gasteiger partial charge in [-0.1, -0.05) is 6.92 Å². The highest BCUT2D eigenvalue weighted by molar-refractivity contribution is 7.93. The molecule has 1 aliphatic rings. The number of amides is 1. The minimum atomic E-state index is -4.40. The fraction of sp³-hybridized carbons (Fsp3) is 0.312. The summed E-state index contributed by atoms with van der Waals surface area (Å²) >= 11 is 1.12. The van der Waals surface area contributed by atoms with E-state index in [4.69, 9.17) is 5.73 Å². The van der Waals surface area contributed by atoms with Crippen LogP contribution >= 0.6 is 11.3 Å². The van der Waals surface area contributed by atoms with E-state index in [1.54, 1.807) is 0 Å². The molecule has 3 rings (SSSR count). The standard InChI is InChI=1S/C16H16F2N2O3S2/c1-8-2-4-10-12(6-8)24-16(14(10)15(19)21)20-25(22,23)13-7-9(17)3-5-11(13)18/h3,5,7-8,20H,2,4,6H2,1H3,(H2,19,21)/t8-/m0/s1. The molecule has 1 aromatic carbocycles. The number of anilines is 1. The van der Waals surface area contributed by atoms with Crippen LogP contribution in [0.2, 0.25) is 0 Å². The summed E-state index contributed by atoms with van der Waals surface area (Å²) in [5.41, 5.74) is 6.29. The molecular formula is C16H16F2N2O3S2. The fourth-order valence-electron chi connectivity index (χ4n) is 2.94. The number of hydrogen-bond acceptors (Lipinski definition) is 4. The molecule has 1 atom stereocenters. The average Bonchev–Trinajstić information content (AvgIpc) is 2.85. The van der Waals surface area contributed by atoms with Crippen LogP contribution in [0.1, 0.15) is 34.1 Å². The molecule has 1 aliphatic carbocycles. The zero-order valence-corrected chi connectivity index (χ0v) is 14.9. The van der Waals surface area contributed by atoms with E-state index in [1.165, 1.54) is 0 Å². The molecule has 0 radical (unpaired) electrons. The zero-order chi connectivity index (χ0) is 18.4. The Balaban J connectivity index is 2.05. The van der Waals surface area contributed by atoms with E-state index in [0.29, 0.717) is 18.4 Å². The number of primary amides is 1. The molecule has 25 heavy (non-hydrogen) atoms. The van der Waals surface area contributed by atoms with Crippen LogP contribution < -0.4 is 10.5 Å². The van der Waals surface area contributed by atoms with Gasteiger partial charge < -0.3 is 5.73 Å². The Labute approximate surface area is 147 Å². The summed E-state index contributed by atoms with van der Waals surface area (Å²) in [5.74, 6) is -2.29. The van der Waals surface area contributed by atoms with Gasteiger partial charge in [0.15, 0.2) is 0 Å². The summed E-state index contributed by atoms with van der Waals surface area (Å²) in [6, 6.07) is 2.16. The summed E-state index contributed by atoms with van der Waals surface area (Å²) in [5, 5.41) is 0.0512. The van der Waals surface area contributed by atoms with Gasteiger partial charge in [-0.25, -0.2) is 17.2 Å². The molecule has 5 nitrogen and oxygen atoms in total. The van der Waals surface area contributed by atoms with Crippen molar-refractivity contribution in [3.63, 3.8) is 0 Å². The van der Waals surface area contributed by atoms with E-state index in [0.717, 1.165) is 46.8 Å². The Morgan fingerprint density at radius 3 is 2.76 bits per heavy atom. The quantitative estimate of drug-likeness (QED) is 0.846. The molecule has 0 unspecified atom stereocenters. The van der Waals surface area contributed by atoms with E-state index < -0.39 is 32.5 Å². The number of nitrogens with two attached hydrogens (primary N) is 1. The lowest BCUT2D eigenvalue weighted by atomic mass is 9.88. The van der Waals surface area contributed by atoms with Crippen LogP contribution in [-0.2, 0) is 22.9 Å². The van der Waals surface area contributed by atoms with Gasteiger partial charge in [0.2, 0.25) is 0 Å². The number of carbonyl (C=O) groups excluding carboxylic acids is 1. The van der Waals surface area contributed by atoms with Crippen molar-refractivity contribution < 1.29 is 22.0 Å². The van der Waals surface area contributed by atoms with Gasteiger partial charge in [0, 0.05) is 4.88 Å². The van der Waals surface area contributed by atoms with Crippen LogP contribution in [0, 0.1) is 17.6 Å². The number of benzene rings is 1. The number of sulfonamides is 1. The first-order valence-electron chi connectivity index (χ1n) is 7.61. The van der Waals surface area contributed by atoms with Gasteiger partial charge in [-0.3, -0.25) is 9.52 Å². The molecule has 9 heteroatoms. The average molecular weight is 386 g/mol. The molecule has 0 fully saturated rings. The molecule has 0 bridgehead atoms. The zero-order valence-electron chi connectivity index (χ0n) is 13.3. The summed E-state index contributed by atoms with van der Waals surface area (Å²) in [7, 11) is -4.40. The molecule has 0 saturated heterocycles. The number of hydrogen-bond donors (Lipinski definition) is 2. The van der Waals surface area contributed by atoms with Gasteiger partial charge >= 0.3 is 0 Å². The normalized spacial score (nSPS) is 17.2. The van der Waals surface area contributed by atoms with Gasteiger partial charge in [-0.2, -0.15) is 0 Å². The Hall–Kier alpha value is -2.00. The summed E-state index contributed by atoms with van der Waals surface area (Å²) in [4.78, 5) is 11.9. The molecule has 0 saturated carbocycles. The number of nitrogens with one attached hydrogen (secondary N) is 1. The highest BCUT2D eigenvalue weighted by Crippen LogP contribution is 2.40. The van der Waals surface area contributed by atoms with Crippen molar-refractivity contribution in [2.45, 2.75) is 31.1 Å². The summed E-state index contributed by atoms with van der Waals surface area (Å²) < 4.78 is 54.3. The predicted octanol–water partition coefficient (Wildman–Crippen LogP) is 3.05. The van der Waals surface area contributed by atoms with Crippen molar-refractivity contribution >= 4 is 32.3 Å². The Morgan fingerprint density at radius 2 is 2.08 bits per heavy atom. The van der Waals surface area contributed by atoms with E-state index in [-0.39, 0.29) is 10.6 Å². The molecule has 134 valence electrons. The number of fused-ring (bicyclic) bond motifs is 1. The van der Waals surface area contributed by atoms with Crippen LogP contribution in [-0.4, -0.2) is 14.3 Å². The number of thiophene rings is 1. The lowest BCUT2D eigenvalue weighted by Crippen LogP contribution is -2.20. The Kier molecular flexibility index (Phi) is 4.54. The fourth-order valence-corrected chi connectivity index (χ4v) is 5.76. The first-order chi connectivity index (χ1) is 11.7. The number of halogens is 2. The first kappa shape index (κ1) is 17.8. The molecule has 1 aromatic heterocycles. The van der Waals surface area contributed by atoms with Gasteiger partial charge in [-0.05, 0) is 48.9 Å². The Morgan fingerprint density at radius 1 is 1.36 bits per heavy atom.